The molecule has 2 heterocycles. The molecule has 0 aliphatic carbocycles. The van der Waals surface area contributed by atoms with Crippen LogP contribution in [0.1, 0.15) is 5.69 Å². The standard InChI is InChI=1S/C9H9N3S/c10-6-7-9(12-4-3-11-7)8-2-1-5-13-8/h1-5H,6,10H2. The van der Waals surface area contributed by atoms with Gasteiger partial charge in [0.2, 0.25) is 0 Å². The van der Waals surface area contributed by atoms with Crippen LogP contribution in [0.15, 0.2) is 29.9 Å². The maximum atomic E-state index is 5.56. The Morgan fingerprint density at radius 2 is 2.15 bits per heavy atom. The number of nitrogens with zero attached hydrogens (tertiary/aromatic N) is 2. The van der Waals surface area contributed by atoms with Crippen molar-refractivity contribution < 1.29 is 0 Å². The maximum Gasteiger partial charge on any atom is 0.103 e. The second-order valence-corrected chi connectivity index (χ2v) is 3.48. The van der Waals surface area contributed by atoms with E-state index in [1.807, 2.05) is 17.5 Å². The second-order valence-electron chi connectivity index (χ2n) is 2.53. The van der Waals surface area contributed by atoms with E-state index in [9.17, 15) is 0 Å². The molecule has 0 bridgehead atoms. The van der Waals surface area contributed by atoms with E-state index in [4.69, 9.17) is 5.73 Å². The van der Waals surface area contributed by atoms with Gasteiger partial charge in [-0.15, -0.1) is 11.3 Å². The highest BCUT2D eigenvalue weighted by molar-refractivity contribution is 7.13. The van der Waals surface area contributed by atoms with Crippen LogP contribution in [0.5, 0.6) is 0 Å². The highest BCUT2D eigenvalue weighted by Crippen LogP contribution is 2.24. The van der Waals surface area contributed by atoms with Crippen molar-refractivity contribution in [3.05, 3.63) is 35.6 Å². The van der Waals surface area contributed by atoms with Crippen LogP contribution in [-0.2, 0) is 6.54 Å². The Morgan fingerprint density at radius 3 is 2.85 bits per heavy atom. The molecule has 2 aromatic rings. The van der Waals surface area contributed by atoms with E-state index in [0.29, 0.717) is 6.54 Å². The molecule has 0 saturated carbocycles. The number of hydrogen-bond acceptors (Lipinski definition) is 4. The lowest BCUT2D eigenvalue weighted by molar-refractivity contribution is 0.971. The summed E-state index contributed by atoms with van der Waals surface area (Å²) in [5.74, 6) is 0. The summed E-state index contributed by atoms with van der Waals surface area (Å²) in [5, 5.41) is 2.02. The van der Waals surface area contributed by atoms with Crippen LogP contribution in [-0.4, -0.2) is 9.97 Å². The van der Waals surface area contributed by atoms with Crippen LogP contribution in [0.25, 0.3) is 10.6 Å². The van der Waals surface area contributed by atoms with Gasteiger partial charge in [0.05, 0.1) is 10.6 Å². The van der Waals surface area contributed by atoms with Gasteiger partial charge in [-0.2, -0.15) is 0 Å². The molecule has 66 valence electrons. The molecule has 0 unspecified atom stereocenters. The Morgan fingerprint density at radius 1 is 1.31 bits per heavy atom. The summed E-state index contributed by atoms with van der Waals surface area (Å²) in [6.45, 7) is 0.432. The SMILES string of the molecule is NCc1nccnc1-c1cccs1. The number of rotatable bonds is 2. The van der Waals surface area contributed by atoms with Crippen molar-refractivity contribution in [3.8, 4) is 10.6 Å². The van der Waals surface area contributed by atoms with Gasteiger partial charge in [-0.1, -0.05) is 6.07 Å². The molecule has 0 radical (unpaired) electrons. The van der Waals surface area contributed by atoms with Crippen LogP contribution in [0.3, 0.4) is 0 Å². The summed E-state index contributed by atoms with van der Waals surface area (Å²) in [5.41, 5.74) is 7.31. The normalized spacial score (nSPS) is 10.2. The molecular weight excluding hydrogens is 182 g/mol. The van der Waals surface area contributed by atoms with Crippen molar-refractivity contribution in [2.24, 2.45) is 5.73 Å². The molecular formula is C9H9N3S. The van der Waals surface area contributed by atoms with Crippen molar-refractivity contribution in [3.63, 3.8) is 0 Å². The lowest BCUT2D eigenvalue weighted by Gasteiger charge is -2.01. The van der Waals surface area contributed by atoms with Crippen LogP contribution < -0.4 is 5.73 Å². The summed E-state index contributed by atoms with van der Waals surface area (Å²) >= 11 is 1.65. The topological polar surface area (TPSA) is 51.8 Å². The Kier molecular flexibility index (Phi) is 2.33. The molecule has 0 amide bonds. The van der Waals surface area contributed by atoms with E-state index in [-0.39, 0.29) is 0 Å². The number of aromatic nitrogens is 2. The minimum absolute atomic E-state index is 0.432. The molecule has 2 rings (SSSR count). The number of hydrogen-bond donors (Lipinski definition) is 1. The molecule has 4 heteroatoms. The quantitative estimate of drug-likeness (QED) is 0.785. The van der Waals surface area contributed by atoms with E-state index in [1.165, 1.54) is 0 Å². The predicted octanol–water partition coefficient (Wildman–Crippen LogP) is 1.66. The minimum atomic E-state index is 0.432. The van der Waals surface area contributed by atoms with E-state index in [1.54, 1.807) is 23.7 Å². The smallest absolute Gasteiger partial charge is 0.103 e. The summed E-state index contributed by atoms with van der Waals surface area (Å²) in [6.07, 6.45) is 3.35. The van der Waals surface area contributed by atoms with Gasteiger partial charge in [0, 0.05) is 18.9 Å². The summed E-state index contributed by atoms with van der Waals surface area (Å²) in [4.78, 5) is 9.55. The van der Waals surface area contributed by atoms with E-state index < -0.39 is 0 Å². The Balaban J connectivity index is 2.51. The Bertz CT molecular complexity index is 384. The zero-order valence-corrected chi connectivity index (χ0v) is 7.79. The van der Waals surface area contributed by atoms with Crippen LogP contribution in [0, 0.1) is 0 Å². The molecule has 0 aliphatic heterocycles. The molecule has 0 aliphatic rings. The van der Waals surface area contributed by atoms with Crippen LogP contribution in [0.2, 0.25) is 0 Å². The third kappa shape index (κ3) is 1.59. The first kappa shape index (κ1) is 8.34. The largest absolute Gasteiger partial charge is 0.325 e. The summed E-state index contributed by atoms with van der Waals surface area (Å²) < 4.78 is 0. The van der Waals surface area contributed by atoms with E-state index >= 15 is 0 Å². The fourth-order valence-corrected chi connectivity index (χ4v) is 1.88. The maximum absolute atomic E-state index is 5.56. The first-order valence-electron chi connectivity index (χ1n) is 3.95. The fraction of sp³-hybridized carbons (Fsp3) is 0.111. The van der Waals surface area contributed by atoms with Crippen molar-refractivity contribution in [1.29, 1.82) is 0 Å². The average molecular weight is 191 g/mol. The minimum Gasteiger partial charge on any atom is -0.325 e. The molecule has 0 spiro atoms. The first-order chi connectivity index (χ1) is 6.42. The highest BCUT2D eigenvalue weighted by Gasteiger charge is 2.05. The van der Waals surface area contributed by atoms with Crippen molar-refractivity contribution in [2.75, 3.05) is 0 Å². The monoisotopic (exact) mass is 191 g/mol. The van der Waals surface area contributed by atoms with Crippen molar-refractivity contribution >= 4 is 11.3 Å². The number of thiophene rings is 1. The van der Waals surface area contributed by atoms with Gasteiger partial charge in [0.25, 0.3) is 0 Å². The molecule has 0 saturated heterocycles. The van der Waals surface area contributed by atoms with Gasteiger partial charge in [0.15, 0.2) is 0 Å². The molecule has 13 heavy (non-hydrogen) atoms. The Hall–Kier alpha value is -1.26. The van der Waals surface area contributed by atoms with Gasteiger partial charge in [-0.05, 0) is 11.4 Å². The lowest BCUT2D eigenvalue weighted by Crippen LogP contribution is -2.02. The predicted molar refractivity (Wildman–Crippen MR) is 53.2 cm³/mol. The van der Waals surface area contributed by atoms with E-state index in [2.05, 4.69) is 9.97 Å². The zero-order valence-electron chi connectivity index (χ0n) is 6.97. The van der Waals surface area contributed by atoms with Crippen molar-refractivity contribution in [2.45, 2.75) is 6.54 Å². The number of nitrogens with two attached hydrogens (primary N) is 1. The zero-order chi connectivity index (χ0) is 9.10. The fourth-order valence-electron chi connectivity index (χ4n) is 1.14. The molecule has 3 nitrogen and oxygen atoms in total. The third-order valence-corrected chi connectivity index (χ3v) is 2.60. The average Bonchev–Trinajstić information content (AvgIpc) is 2.70. The summed E-state index contributed by atoms with van der Waals surface area (Å²) in [7, 11) is 0. The second kappa shape index (κ2) is 3.64. The molecule has 2 aromatic heterocycles. The molecule has 2 N–H and O–H groups in total. The van der Waals surface area contributed by atoms with Gasteiger partial charge in [-0.3, -0.25) is 9.97 Å². The van der Waals surface area contributed by atoms with Crippen LogP contribution in [0.4, 0.5) is 0 Å². The van der Waals surface area contributed by atoms with Gasteiger partial charge in [0.1, 0.15) is 5.69 Å². The van der Waals surface area contributed by atoms with Gasteiger partial charge < -0.3 is 5.73 Å². The molecule has 0 aromatic carbocycles. The van der Waals surface area contributed by atoms with Crippen molar-refractivity contribution in [1.82, 2.24) is 9.97 Å². The van der Waals surface area contributed by atoms with Gasteiger partial charge >= 0.3 is 0 Å². The van der Waals surface area contributed by atoms with Gasteiger partial charge in [-0.25, -0.2) is 0 Å². The molecule has 0 fully saturated rings. The van der Waals surface area contributed by atoms with E-state index in [0.717, 1.165) is 16.3 Å². The first-order valence-corrected chi connectivity index (χ1v) is 4.83. The summed E-state index contributed by atoms with van der Waals surface area (Å²) in [6, 6.07) is 4.02. The lowest BCUT2D eigenvalue weighted by atomic mass is 10.2. The Labute approximate surface area is 80.3 Å². The third-order valence-electron chi connectivity index (χ3n) is 1.72. The van der Waals surface area contributed by atoms with Crippen LogP contribution >= 0.6 is 11.3 Å². The highest BCUT2D eigenvalue weighted by atomic mass is 32.1. The molecule has 0 atom stereocenters.